The van der Waals surface area contributed by atoms with Crippen molar-refractivity contribution >= 4 is 6.08 Å². The third kappa shape index (κ3) is 8.76. The maximum absolute atomic E-state index is 14.3. The van der Waals surface area contributed by atoms with Gasteiger partial charge in [-0.2, -0.15) is 0 Å². The molecule has 36 heavy (non-hydrogen) atoms. The van der Waals surface area contributed by atoms with Gasteiger partial charge in [0.25, 0.3) is 0 Å². The van der Waals surface area contributed by atoms with E-state index in [4.69, 9.17) is 9.47 Å². The van der Waals surface area contributed by atoms with Crippen molar-refractivity contribution in [1.82, 2.24) is 4.98 Å². The highest BCUT2D eigenvalue weighted by Gasteiger charge is 2.07. The fourth-order valence-electron chi connectivity index (χ4n) is 3.92. The van der Waals surface area contributed by atoms with Crippen LogP contribution in [0, 0.1) is 5.82 Å². The normalized spacial score (nSPS) is 12.1. The molecular formula is C32H38FNO2. The molecule has 3 nitrogen and oxygen atoms in total. The summed E-state index contributed by atoms with van der Waals surface area (Å²) < 4.78 is 25.5. The minimum Gasteiger partial charge on any atom is -0.486 e. The van der Waals surface area contributed by atoms with Gasteiger partial charge in [0.15, 0.2) is 11.6 Å². The van der Waals surface area contributed by atoms with Gasteiger partial charge in [0, 0.05) is 18.4 Å². The summed E-state index contributed by atoms with van der Waals surface area (Å²) in [5.41, 5.74) is 4.76. The van der Waals surface area contributed by atoms with E-state index in [0.717, 1.165) is 60.2 Å². The number of aromatic nitrogens is 1. The van der Waals surface area contributed by atoms with Gasteiger partial charge in [0.05, 0.1) is 11.8 Å². The monoisotopic (exact) mass is 487 g/mol. The number of halogens is 1. The first-order chi connectivity index (χ1) is 17.6. The van der Waals surface area contributed by atoms with Crippen molar-refractivity contribution in [2.75, 3.05) is 13.2 Å². The Kier molecular flexibility index (Phi) is 11.4. The molecule has 0 aliphatic heterocycles. The van der Waals surface area contributed by atoms with E-state index >= 15 is 0 Å². The van der Waals surface area contributed by atoms with Crippen LogP contribution in [0.2, 0.25) is 0 Å². The molecular weight excluding hydrogens is 449 g/mol. The molecule has 1 heterocycles. The third-order valence-corrected chi connectivity index (χ3v) is 6.03. The topological polar surface area (TPSA) is 31.4 Å². The van der Waals surface area contributed by atoms with Crippen molar-refractivity contribution in [1.29, 1.82) is 0 Å². The SMILES string of the molecule is C=CCOc1ccc(-c2ccc(-c3ccc(C=CCCCC(C)OCCCCC)cn3)cc2)cc1F. The van der Waals surface area contributed by atoms with Gasteiger partial charge in [-0.25, -0.2) is 4.39 Å². The molecule has 0 spiro atoms. The van der Waals surface area contributed by atoms with Crippen molar-refractivity contribution in [2.24, 2.45) is 0 Å². The molecule has 3 rings (SSSR count). The Bertz CT molecular complexity index is 1090. The Labute approximate surface area is 215 Å². The number of ether oxygens (including phenoxy) is 2. The zero-order valence-electron chi connectivity index (χ0n) is 21.6. The molecule has 1 aromatic heterocycles. The molecule has 190 valence electrons. The van der Waals surface area contributed by atoms with Crippen LogP contribution in [0.4, 0.5) is 4.39 Å². The second-order valence-corrected chi connectivity index (χ2v) is 9.02. The molecule has 0 bridgehead atoms. The number of rotatable bonds is 15. The molecule has 0 fully saturated rings. The van der Waals surface area contributed by atoms with E-state index in [2.05, 4.69) is 43.6 Å². The van der Waals surface area contributed by atoms with Gasteiger partial charge in [0.1, 0.15) is 6.61 Å². The minimum absolute atomic E-state index is 0.231. The lowest BCUT2D eigenvalue weighted by molar-refractivity contribution is 0.0566. The zero-order valence-corrected chi connectivity index (χ0v) is 21.6. The van der Waals surface area contributed by atoms with E-state index < -0.39 is 0 Å². The number of unbranched alkanes of at least 4 members (excludes halogenated alkanes) is 3. The van der Waals surface area contributed by atoms with Crippen LogP contribution in [-0.4, -0.2) is 24.3 Å². The van der Waals surface area contributed by atoms with Crippen LogP contribution in [0.3, 0.4) is 0 Å². The van der Waals surface area contributed by atoms with Crippen molar-refractivity contribution < 1.29 is 13.9 Å². The second kappa shape index (κ2) is 15.0. The fraction of sp³-hybridized carbons (Fsp3) is 0.344. The van der Waals surface area contributed by atoms with Gasteiger partial charge in [-0.05, 0) is 67.5 Å². The summed E-state index contributed by atoms with van der Waals surface area (Å²) in [6.07, 6.45) is 15.0. The van der Waals surface area contributed by atoms with Crippen molar-refractivity contribution in [2.45, 2.75) is 58.5 Å². The number of hydrogen-bond donors (Lipinski definition) is 0. The molecule has 4 heteroatoms. The first-order valence-electron chi connectivity index (χ1n) is 13.0. The first-order valence-corrected chi connectivity index (χ1v) is 13.0. The van der Waals surface area contributed by atoms with E-state index in [0.29, 0.717) is 6.10 Å². The largest absolute Gasteiger partial charge is 0.486 e. The highest BCUT2D eigenvalue weighted by molar-refractivity contribution is 5.69. The average molecular weight is 488 g/mol. The second-order valence-electron chi connectivity index (χ2n) is 9.02. The maximum atomic E-state index is 14.3. The Balaban J connectivity index is 1.49. The number of allylic oxidation sites excluding steroid dienone is 1. The van der Waals surface area contributed by atoms with Crippen molar-refractivity contribution in [3.63, 3.8) is 0 Å². The molecule has 2 aromatic carbocycles. The lowest BCUT2D eigenvalue weighted by Gasteiger charge is -2.11. The van der Waals surface area contributed by atoms with Crippen LogP contribution in [0.15, 0.2) is 79.5 Å². The Hall–Kier alpha value is -3.24. The predicted octanol–water partition coefficient (Wildman–Crippen LogP) is 8.90. The quantitative estimate of drug-likeness (QED) is 0.158. The summed E-state index contributed by atoms with van der Waals surface area (Å²) in [5, 5.41) is 0. The van der Waals surface area contributed by atoms with Gasteiger partial charge >= 0.3 is 0 Å². The van der Waals surface area contributed by atoms with Crippen molar-refractivity contribution in [3.05, 3.63) is 90.9 Å². The summed E-state index contributed by atoms with van der Waals surface area (Å²) >= 11 is 0. The van der Waals surface area contributed by atoms with Crippen LogP contribution in [0.5, 0.6) is 5.75 Å². The molecule has 0 saturated carbocycles. The summed E-state index contributed by atoms with van der Waals surface area (Å²) in [7, 11) is 0. The molecule has 0 aliphatic rings. The molecule has 0 saturated heterocycles. The molecule has 1 atom stereocenters. The lowest BCUT2D eigenvalue weighted by atomic mass is 10.0. The summed E-state index contributed by atoms with van der Waals surface area (Å²) in [4.78, 5) is 4.63. The van der Waals surface area contributed by atoms with Crippen molar-refractivity contribution in [3.8, 4) is 28.1 Å². The Morgan fingerprint density at radius 2 is 1.75 bits per heavy atom. The van der Waals surface area contributed by atoms with E-state index in [1.807, 2.05) is 42.6 Å². The molecule has 0 amide bonds. The number of benzene rings is 2. The van der Waals surface area contributed by atoms with Crippen LogP contribution in [0.1, 0.15) is 57.9 Å². The number of pyridine rings is 1. The highest BCUT2D eigenvalue weighted by Crippen LogP contribution is 2.28. The third-order valence-electron chi connectivity index (χ3n) is 6.03. The standard InChI is InChI=1S/C32H38FNO2/c1-4-6-10-22-35-25(3)11-8-7-9-12-26-13-19-31(34-24-26)28-16-14-27(15-17-28)29-18-20-32(30(33)23-29)36-21-5-2/h5,9,12-20,23-25H,2,4,6-8,10-11,21-22H2,1,3H3. The Morgan fingerprint density at radius 1 is 0.972 bits per heavy atom. The number of nitrogens with zero attached hydrogens (tertiary/aromatic N) is 1. The lowest BCUT2D eigenvalue weighted by Crippen LogP contribution is -2.08. The summed E-state index contributed by atoms with van der Waals surface area (Å²) in [6, 6.07) is 17.1. The Morgan fingerprint density at radius 3 is 2.44 bits per heavy atom. The van der Waals surface area contributed by atoms with Gasteiger partial charge in [-0.1, -0.05) is 81.0 Å². The molecule has 0 N–H and O–H groups in total. The average Bonchev–Trinajstić information content (AvgIpc) is 2.91. The van der Waals surface area contributed by atoms with E-state index in [-0.39, 0.29) is 18.2 Å². The van der Waals surface area contributed by atoms with E-state index in [9.17, 15) is 4.39 Å². The van der Waals surface area contributed by atoms with E-state index in [1.165, 1.54) is 18.9 Å². The summed E-state index contributed by atoms with van der Waals surface area (Å²) in [5.74, 6) is -0.149. The minimum atomic E-state index is -0.381. The summed E-state index contributed by atoms with van der Waals surface area (Å²) in [6.45, 7) is 9.12. The van der Waals surface area contributed by atoms with Crippen LogP contribution in [0.25, 0.3) is 28.5 Å². The zero-order chi connectivity index (χ0) is 25.6. The first kappa shape index (κ1) is 27.3. The van der Waals surface area contributed by atoms with E-state index in [1.54, 1.807) is 12.1 Å². The highest BCUT2D eigenvalue weighted by atomic mass is 19.1. The smallest absolute Gasteiger partial charge is 0.165 e. The van der Waals surface area contributed by atoms with Crippen LogP contribution >= 0.6 is 0 Å². The van der Waals surface area contributed by atoms with Crippen LogP contribution < -0.4 is 4.74 Å². The van der Waals surface area contributed by atoms with Crippen LogP contribution in [-0.2, 0) is 4.74 Å². The van der Waals surface area contributed by atoms with Gasteiger partial charge < -0.3 is 9.47 Å². The molecule has 3 aromatic rings. The maximum Gasteiger partial charge on any atom is 0.165 e. The van der Waals surface area contributed by atoms with Gasteiger partial charge in [-0.3, -0.25) is 4.98 Å². The molecule has 0 aliphatic carbocycles. The number of hydrogen-bond acceptors (Lipinski definition) is 3. The molecule has 1 unspecified atom stereocenters. The molecule has 0 radical (unpaired) electrons. The van der Waals surface area contributed by atoms with Gasteiger partial charge in [-0.15, -0.1) is 0 Å². The van der Waals surface area contributed by atoms with Gasteiger partial charge in [0.2, 0.25) is 0 Å². The predicted molar refractivity (Wildman–Crippen MR) is 149 cm³/mol. The fourth-order valence-corrected chi connectivity index (χ4v) is 3.92.